The Morgan fingerprint density at radius 3 is 2.83 bits per heavy atom. The quantitative estimate of drug-likeness (QED) is 0.770. The number of benzene rings is 1. The normalized spacial score (nSPS) is 25.4. The highest BCUT2D eigenvalue weighted by Crippen LogP contribution is 2.30. The molecule has 2 aliphatic heterocycles. The lowest BCUT2D eigenvalue weighted by Gasteiger charge is -2.21. The second-order valence-corrected chi connectivity index (χ2v) is 7.85. The lowest BCUT2D eigenvalue weighted by Crippen LogP contribution is -2.42. The Labute approximate surface area is 144 Å². The van der Waals surface area contributed by atoms with E-state index in [4.69, 9.17) is 0 Å². The van der Waals surface area contributed by atoms with Gasteiger partial charge >= 0.3 is 0 Å². The van der Waals surface area contributed by atoms with Crippen molar-refractivity contribution in [3.63, 3.8) is 0 Å². The van der Waals surface area contributed by atoms with Crippen molar-refractivity contribution in [2.45, 2.75) is 37.4 Å². The Kier molecular flexibility index (Phi) is 3.24. The number of nitrogens with zero attached hydrogens (tertiary/aromatic N) is 1. The van der Waals surface area contributed by atoms with Crippen LogP contribution in [-0.2, 0) is 0 Å². The Morgan fingerprint density at radius 2 is 2.08 bits per heavy atom. The predicted octanol–water partition coefficient (Wildman–Crippen LogP) is 3.31. The van der Waals surface area contributed by atoms with Crippen LogP contribution in [0, 0.1) is 0 Å². The Hall–Kier alpha value is -2.11. The minimum atomic E-state index is 0.0483. The first kappa shape index (κ1) is 14.3. The molecule has 1 amide bonds. The van der Waals surface area contributed by atoms with E-state index in [2.05, 4.69) is 21.3 Å². The Bertz CT molecular complexity index is 899. The van der Waals surface area contributed by atoms with Crippen molar-refractivity contribution >= 4 is 27.3 Å². The lowest BCUT2D eigenvalue weighted by atomic mass is 9.95. The summed E-state index contributed by atoms with van der Waals surface area (Å²) < 4.78 is 3.25. The van der Waals surface area contributed by atoms with Gasteiger partial charge in [-0.15, -0.1) is 11.3 Å². The number of hydrogen-bond acceptors (Lipinski definition) is 3. The first-order valence-corrected chi connectivity index (χ1v) is 9.32. The third kappa shape index (κ3) is 2.36. The molecule has 0 saturated carbocycles. The average Bonchev–Trinajstić information content (AvgIpc) is 3.35. The molecule has 2 aliphatic rings. The molecule has 3 aromatic rings. The maximum Gasteiger partial charge on any atom is 0.251 e. The topological polar surface area (TPSA) is 46.1 Å². The molecule has 2 saturated heterocycles. The lowest BCUT2D eigenvalue weighted by molar-refractivity contribution is 0.0931. The largest absolute Gasteiger partial charge is 0.348 e. The maximum atomic E-state index is 12.6. The summed E-state index contributed by atoms with van der Waals surface area (Å²) in [6.07, 6.45) is 7.58. The van der Waals surface area contributed by atoms with E-state index in [1.807, 2.05) is 42.7 Å². The molecule has 5 heteroatoms. The van der Waals surface area contributed by atoms with Crippen molar-refractivity contribution in [1.82, 2.24) is 15.2 Å². The van der Waals surface area contributed by atoms with Gasteiger partial charge in [-0.05, 0) is 55.0 Å². The van der Waals surface area contributed by atoms with Crippen LogP contribution < -0.4 is 10.6 Å². The van der Waals surface area contributed by atoms with Crippen LogP contribution >= 0.6 is 11.3 Å². The van der Waals surface area contributed by atoms with Gasteiger partial charge in [-0.2, -0.15) is 0 Å². The third-order valence-corrected chi connectivity index (χ3v) is 6.36. The average molecular weight is 337 g/mol. The van der Waals surface area contributed by atoms with Crippen LogP contribution in [0.3, 0.4) is 0 Å². The fourth-order valence-electron chi connectivity index (χ4n) is 4.00. The van der Waals surface area contributed by atoms with Crippen molar-refractivity contribution in [1.29, 1.82) is 0 Å². The van der Waals surface area contributed by atoms with E-state index >= 15 is 0 Å². The molecule has 4 heterocycles. The van der Waals surface area contributed by atoms with E-state index in [9.17, 15) is 4.79 Å². The molecule has 1 aromatic carbocycles. The molecule has 24 heavy (non-hydrogen) atoms. The molecular formula is C19H19N3OS. The highest BCUT2D eigenvalue weighted by molar-refractivity contribution is 7.21. The summed E-state index contributed by atoms with van der Waals surface area (Å²) in [6, 6.07) is 13.6. The van der Waals surface area contributed by atoms with Crippen LogP contribution in [0.5, 0.6) is 0 Å². The first-order valence-electron chi connectivity index (χ1n) is 8.50. The van der Waals surface area contributed by atoms with Gasteiger partial charge in [0.05, 0.1) is 0 Å². The van der Waals surface area contributed by atoms with Gasteiger partial charge in [0.2, 0.25) is 0 Å². The molecule has 2 fully saturated rings. The number of fused-ring (bicyclic) bond motifs is 3. The van der Waals surface area contributed by atoms with E-state index in [-0.39, 0.29) is 11.9 Å². The van der Waals surface area contributed by atoms with Crippen LogP contribution in [0.4, 0.5) is 0 Å². The van der Waals surface area contributed by atoms with E-state index in [1.165, 1.54) is 23.2 Å². The van der Waals surface area contributed by atoms with Crippen molar-refractivity contribution in [3.8, 4) is 5.00 Å². The monoisotopic (exact) mass is 337 g/mol. The number of thiophene rings is 1. The van der Waals surface area contributed by atoms with Crippen LogP contribution in [0.1, 0.15) is 29.6 Å². The zero-order valence-electron chi connectivity index (χ0n) is 13.2. The van der Waals surface area contributed by atoms with E-state index in [0.717, 1.165) is 16.7 Å². The molecule has 0 aliphatic carbocycles. The fraction of sp³-hybridized carbons (Fsp3) is 0.316. The van der Waals surface area contributed by atoms with Gasteiger partial charge < -0.3 is 15.2 Å². The summed E-state index contributed by atoms with van der Waals surface area (Å²) in [4.78, 5) is 12.6. The minimum absolute atomic E-state index is 0.0483. The predicted molar refractivity (Wildman–Crippen MR) is 97.0 cm³/mol. The molecule has 0 radical (unpaired) electrons. The van der Waals surface area contributed by atoms with E-state index in [1.54, 1.807) is 11.3 Å². The summed E-state index contributed by atoms with van der Waals surface area (Å²) in [5, 5.41) is 9.14. The van der Waals surface area contributed by atoms with Gasteiger partial charge in [0.15, 0.2) is 0 Å². The van der Waals surface area contributed by atoms with Crippen molar-refractivity contribution < 1.29 is 4.79 Å². The van der Waals surface area contributed by atoms with Gasteiger partial charge in [-0.25, -0.2) is 0 Å². The molecule has 2 N–H and O–H groups in total. The highest BCUT2D eigenvalue weighted by atomic mass is 32.1. The first-order chi connectivity index (χ1) is 11.8. The van der Waals surface area contributed by atoms with Crippen LogP contribution in [0.2, 0.25) is 0 Å². The highest BCUT2D eigenvalue weighted by Gasteiger charge is 2.39. The molecule has 2 aromatic heterocycles. The van der Waals surface area contributed by atoms with E-state index < -0.39 is 0 Å². The van der Waals surface area contributed by atoms with Gasteiger partial charge in [-0.1, -0.05) is 6.07 Å². The van der Waals surface area contributed by atoms with Gasteiger partial charge in [0, 0.05) is 40.8 Å². The molecule has 0 unspecified atom stereocenters. The molecule has 5 rings (SSSR count). The Balaban J connectivity index is 1.39. The third-order valence-electron chi connectivity index (χ3n) is 5.24. The fourth-order valence-corrected chi connectivity index (χ4v) is 5.07. The maximum absolute atomic E-state index is 12.6. The number of nitrogens with one attached hydrogen (secondary N) is 2. The van der Waals surface area contributed by atoms with Gasteiger partial charge in [0.25, 0.3) is 5.91 Å². The molecular weight excluding hydrogens is 318 g/mol. The molecule has 4 nitrogen and oxygen atoms in total. The summed E-state index contributed by atoms with van der Waals surface area (Å²) >= 11 is 1.71. The zero-order chi connectivity index (χ0) is 16.1. The smallest absolute Gasteiger partial charge is 0.251 e. The summed E-state index contributed by atoms with van der Waals surface area (Å²) in [7, 11) is 0. The minimum Gasteiger partial charge on any atom is -0.348 e. The number of aromatic nitrogens is 1. The van der Waals surface area contributed by atoms with Crippen molar-refractivity contribution in [3.05, 3.63) is 54.4 Å². The Morgan fingerprint density at radius 1 is 1.21 bits per heavy atom. The molecule has 2 bridgehead atoms. The molecule has 3 atom stereocenters. The summed E-state index contributed by atoms with van der Waals surface area (Å²) in [5.74, 6) is 0.0483. The van der Waals surface area contributed by atoms with Crippen LogP contribution in [-0.4, -0.2) is 28.6 Å². The molecule has 0 spiro atoms. The number of hydrogen-bond donors (Lipinski definition) is 2. The van der Waals surface area contributed by atoms with Crippen LogP contribution in [0.25, 0.3) is 15.1 Å². The second-order valence-electron chi connectivity index (χ2n) is 6.79. The van der Waals surface area contributed by atoms with Crippen LogP contribution in [0.15, 0.2) is 48.8 Å². The van der Waals surface area contributed by atoms with Crippen molar-refractivity contribution in [2.75, 3.05) is 0 Å². The SMILES string of the molecule is O=C(N[C@@H]1C[C@H]2CC[C@@H]1N2)c1ccc2cc(-n3cccc3)sc2c1. The standard InChI is InChI=1S/C19H19N3OS/c23-19(21-16-11-14-5-6-15(16)20-14)13-4-3-12-10-18(24-17(12)9-13)22-7-1-2-8-22/h1-4,7-10,14-16,20H,5-6,11H2,(H,21,23)/t14-,15+,16-/m1/s1. The van der Waals surface area contributed by atoms with E-state index in [0.29, 0.717) is 12.1 Å². The summed E-state index contributed by atoms with van der Waals surface area (Å²) in [5.41, 5.74) is 0.756. The van der Waals surface area contributed by atoms with Gasteiger partial charge in [-0.3, -0.25) is 4.79 Å². The van der Waals surface area contributed by atoms with Crippen molar-refractivity contribution in [2.24, 2.45) is 0 Å². The number of carbonyl (C=O) groups is 1. The second kappa shape index (κ2) is 5.46. The van der Waals surface area contributed by atoms with Gasteiger partial charge in [0.1, 0.15) is 5.00 Å². The number of amides is 1. The molecule has 122 valence electrons. The summed E-state index contributed by atoms with van der Waals surface area (Å²) in [6.45, 7) is 0. The number of carbonyl (C=O) groups excluding carboxylic acids is 1. The zero-order valence-corrected chi connectivity index (χ0v) is 14.1. The number of rotatable bonds is 3.